The van der Waals surface area contributed by atoms with Crippen molar-refractivity contribution in [2.45, 2.75) is 45.3 Å². The molecule has 2 atom stereocenters. The fourth-order valence-corrected chi connectivity index (χ4v) is 2.41. The Morgan fingerprint density at radius 1 is 1.53 bits per heavy atom. The van der Waals surface area contributed by atoms with Gasteiger partial charge < -0.3 is 20.2 Å². The van der Waals surface area contributed by atoms with Gasteiger partial charge in [0.05, 0.1) is 12.6 Å². The van der Waals surface area contributed by atoms with Gasteiger partial charge in [-0.15, -0.1) is 0 Å². The molecule has 0 saturated heterocycles. The SMILES string of the molecule is Cc1ocnc1CNC(=O)NCC1CCCC(O)C1. The van der Waals surface area contributed by atoms with Gasteiger partial charge in [-0.3, -0.25) is 0 Å². The molecular formula is C13H21N3O3. The van der Waals surface area contributed by atoms with E-state index in [1.165, 1.54) is 6.39 Å². The van der Waals surface area contributed by atoms with E-state index in [0.29, 0.717) is 19.0 Å². The minimum Gasteiger partial charge on any atom is -0.448 e. The van der Waals surface area contributed by atoms with E-state index >= 15 is 0 Å². The molecule has 0 aromatic carbocycles. The Bertz CT molecular complexity index is 419. The molecule has 2 unspecified atom stereocenters. The summed E-state index contributed by atoms with van der Waals surface area (Å²) in [7, 11) is 0. The zero-order chi connectivity index (χ0) is 13.7. The first-order chi connectivity index (χ1) is 9.15. The van der Waals surface area contributed by atoms with Crippen LogP contribution in [0.4, 0.5) is 4.79 Å². The van der Waals surface area contributed by atoms with Crippen LogP contribution in [0, 0.1) is 12.8 Å². The van der Waals surface area contributed by atoms with Crippen molar-refractivity contribution in [1.29, 1.82) is 0 Å². The van der Waals surface area contributed by atoms with Gasteiger partial charge in [0.1, 0.15) is 11.5 Å². The molecule has 0 aliphatic heterocycles. The summed E-state index contributed by atoms with van der Waals surface area (Å²) in [6.07, 6.45) is 4.93. The van der Waals surface area contributed by atoms with E-state index in [9.17, 15) is 9.90 Å². The van der Waals surface area contributed by atoms with Crippen molar-refractivity contribution in [3.63, 3.8) is 0 Å². The van der Waals surface area contributed by atoms with Gasteiger partial charge in [-0.25, -0.2) is 9.78 Å². The first kappa shape index (κ1) is 13.9. The van der Waals surface area contributed by atoms with E-state index in [2.05, 4.69) is 15.6 Å². The van der Waals surface area contributed by atoms with E-state index in [1.807, 2.05) is 6.92 Å². The number of oxazole rings is 1. The van der Waals surface area contributed by atoms with Crippen LogP contribution in [0.5, 0.6) is 0 Å². The molecule has 0 bridgehead atoms. The van der Waals surface area contributed by atoms with Crippen molar-refractivity contribution < 1.29 is 14.3 Å². The second kappa shape index (κ2) is 6.56. The highest BCUT2D eigenvalue weighted by molar-refractivity contribution is 5.73. The van der Waals surface area contributed by atoms with Crippen LogP contribution < -0.4 is 10.6 Å². The van der Waals surface area contributed by atoms with E-state index in [1.54, 1.807) is 0 Å². The number of urea groups is 1. The molecule has 6 heteroatoms. The first-order valence-corrected chi connectivity index (χ1v) is 6.74. The van der Waals surface area contributed by atoms with Gasteiger partial charge in [0.2, 0.25) is 0 Å². The number of aryl methyl sites for hydroxylation is 1. The number of aliphatic hydroxyl groups excluding tert-OH is 1. The van der Waals surface area contributed by atoms with Crippen molar-refractivity contribution in [1.82, 2.24) is 15.6 Å². The molecule has 2 rings (SSSR count). The Hall–Kier alpha value is -1.56. The standard InChI is InChI=1S/C13H21N3O3/c1-9-12(16-8-19-9)7-15-13(18)14-6-10-3-2-4-11(17)5-10/h8,10-11,17H,2-7H2,1H3,(H2,14,15,18). The van der Waals surface area contributed by atoms with Gasteiger partial charge in [-0.2, -0.15) is 0 Å². The summed E-state index contributed by atoms with van der Waals surface area (Å²) < 4.78 is 5.05. The smallest absolute Gasteiger partial charge is 0.315 e. The average Bonchev–Trinajstić information content (AvgIpc) is 2.80. The first-order valence-electron chi connectivity index (χ1n) is 6.74. The highest BCUT2D eigenvalue weighted by Gasteiger charge is 2.20. The minimum atomic E-state index is -0.207. The van der Waals surface area contributed by atoms with Gasteiger partial charge in [0.15, 0.2) is 6.39 Å². The summed E-state index contributed by atoms with van der Waals surface area (Å²) in [5, 5.41) is 15.1. The number of nitrogens with zero attached hydrogens (tertiary/aromatic N) is 1. The van der Waals surface area contributed by atoms with Crippen molar-refractivity contribution in [2.75, 3.05) is 6.54 Å². The van der Waals surface area contributed by atoms with Crippen LogP contribution in [0.1, 0.15) is 37.1 Å². The molecule has 1 saturated carbocycles. The van der Waals surface area contributed by atoms with Crippen LogP contribution in [0.2, 0.25) is 0 Å². The highest BCUT2D eigenvalue weighted by atomic mass is 16.3. The fourth-order valence-electron chi connectivity index (χ4n) is 2.41. The van der Waals surface area contributed by atoms with E-state index < -0.39 is 0 Å². The second-order valence-corrected chi connectivity index (χ2v) is 5.11. The van der Waals surface area contributed by atoms with Crippen molar-refractivity contribution in [2.24, 2.45) is 5.92 Å². The van der Waals surface area contributed by atoms with Crippen molar-refractivity contribution in [3.8, 4) is 0 Å². The molecule has 106 valence electrons. The number of carbonyl (C=O) groups excluding carboxylic acids is 1. The van der Waals surface area contributed by atoms with Crippen LogP contribution in [-0.2, 0) is 6.54 Å². The van der Waals surface area contributed by atoms with Crippen LogP contribution in [0.25, 0.3) is 0 Å². The summed E-state index contributed by atoms with van der Waals surface area (Å²) in [4.78, 5) is 15.6. The Labute approximate surface area is 112 Å². The van der Waals surface area contributed by atoms with Crippen LogP contribution in [0.3, 0.4) is 0 Å². The van der Waals surface area contributed by atoms with Crippen LogP contribution in [0.15, 0.2) is 10.8 Å². The number of aliphatic hydroxyl groups is 1. The van der Waals surface area contributed by atoms with Gasteiger partial charge in [0, 0.05) is 6.54 Å². The van der Waals surface area contributed by atoms with Crippen molar-refractivity contribution >= 4 is 6.03 Å². The van der Waals surface area contributed by atoms with Gasteiger partial charge >= 0.3 is 6.03 Å². The Morgan fingerprint density at radius 2 is 2.37 bits per heavy atom. The molecule has 19 heavy (non-hydrogen) atoms. The topological polar surface area (TPSA) is 87.4 Å². The lowest BCUT2D eigenvalue weighted by molar-refractivity contribution is 0.101. The maximum absolute atomic E-state index is 11.6. The van der Waals surface area contributed by atoms with E-state index in [-0.39, 0.29) is 12.1 Å². The zero-order valence-electron chi connectivity index (χ0n) is 11.2. The monoisotopic (exact) mass is 267 g/mol. The van der Waals surface area contributed by atoms with Crippen molar-refractivity contribution in [3.05, 3.63) is 17.8 Å². The van der Waals surface area contributed by atoms with Crippen LogP contribution >= 0.6 is 0 Å². The number of amides is 2. The third-order valence-corrected chi connectivity index (χ3v) is 3.57. The molecule has 1 fully saturated rings. The molecule has 1 aliphatic rings. The quantitative estimate of drug-likeness (QED) is 0.768. The maximum Gasteiger partial charge on any atom is 0.315 e. The second-order valence-electron chi connectivity index (χ2n) is 5.11. The molecule has 3 N–H and O–H groups in total. The molecule has 0 spiro atoms. The van der Waals surface area contributed by atoms with Gasteiger partial charge in [-0.05, 0) is 32.1 Å². The summed E-state index contributed by atoms with van der Waals surface area (Å²) in [5.74, 6) is 1.10. The lowest BCUT2D eigenvalue weighted by Gasteiger charge is -2.25. The Morgan fingerprint density at radius 3 is 3.05 bits per heavy atom. The largest absolute Gasteiger partial charge is 0.448 e. The number of nitrogens with one attached hydrogen (secondary N) is 2. The lowest BCUT2D eigenvalue weighted by Crippen LogP contribution is -2.39. The summed E-state index contributed by atoms with van der Waals surface area (Å²) >= 11 is 0. The van der Waals surface area contributed by atoms with Crippen LogP contribution in [-0.4, -0.2) is 28.8 Å². The Kier molecular flexibility index (Phi) is 4.79. The number of aromatic nitrogens is 1. The lowest BCUT2D eigenvalue weighted by atomic mass is 9.87. The number of hydrogen-bond acceptors (Lipinski definition) is 4. The van der Waals surface area contributed by atoms with Gasteiger partial charge in [0.25, 0.3) is 0 Å². The molecule has 2 amide bonds. The van der Waals surface area contributed by atoms with E-state index in [0.717, 1.165) is 37.1 Å². The third kappa shape index (κ3) is 4.24. The molecular weight excluding hydrogens is 246 g/mol. The number of rotatable bonds is 4. The average molecular weight is 267 g/mol. The predicted molar refractivity (Wildman–Crippen MR) is 69.4 cm³/mol. The molecule has 1 heterocycles. The minimum absolute atomic E-state index is 0.206. The number of hydrogen-bond donors (Lipinski definition) is 3. The molecule has 1 aliphatic carbocycles. The number of carbonyl (C=O) groups is 1. The normalized spacial score (nSPS) is 23.1. The molecule has 1 aromatic rings. The summed E-state index contributed by atoms with van der Waals surface area (Å²) in [6, 6.07) is -0.206. The maximum atomic E-state index is 11.6. The fraction of sp³-hybridized carbons (Fsp3) is 0.692. The highest BCUT2D eigenvalue weighted by Crippen LogP contribution is 2.23. The molecule has 6 nitrogen and oxygen atoms in total. The molecule has 0 radical (unpaired) electrons. The van der Waals surface area contributed by atoms with E-state index in [4.69, 9.17) is 4.42 Å². The predicted octanol–water partition coefficient (Wildman–Crippen LogP) is 1.33. The third-order valence-electron chi connectivity index (χ3n) is 3.57. The summed E-state index contributed by atoms with van der Waals surface area (Å²) in [6.45, 7) is 2.79. The van der Waals surface area contributed by atoms with Gasteiger partial charge in [-0.1, -0.05) is 6.42 Å². The molecule has 1 aromatic heterocycles. The Balaban J connectivity index is 1.66. The zero-order valence-corrected chi connectivity index (χ0v) is 11.2. The summed E-state index contributed by atoms with van der Waals surface area (Å²) in [5.41, 5.74) is 0.739.